The number of carbonyl (C=O) groups is 2. The third-order valence-corrected chi connectivity index (χ3v) is 4.71. The Kier molecular flexibility index (Phi) is 5.25. The van der Waals surface area contributed by atoms with E-state index in [-0.39, 0.29) is 23.6 Å². The molecule has 0 saturated carbocycles. The van der Waals surface area contributed by atoms with Crippen LogP contribution in [0.5, 0.6) is 0 Å². The summed E-state index contributed by atoms with van der Waals surface area (Å²) in [6.07, 6.45) is 3.21. The van der Waals surface area contributed by atoms with Crippen LogP contribution in [0.25, 0.3) is 5.57 Å². The molecule has 0 fully saturated rings. The maximum absolute atomic E-state index is 13.2. The standard InChI is InChI=1S/C18H15FN2O3S/c19-14-5-3-13(4-6-14)15-16(25-9-8-22)18(24)21(17(15)23)11-12-2-1-7-20-10-12/h1-7,10,22H,8-9,11H2. The largest absolute Gasteiger partial charge is 0.396 e. The number of hydrogen-bond acceptors (Lipinski definition) is 5. The van der Waals surface area contributed by atoms with Gasteiger partial charge in [0.15, 0.2) is 0 Å². The molecule has 2 amide bonds. The Morgan fingerprint density at radius 2 is 1.88 bits per heavy atom. The Hall–Kier alpha value is -2.51. The van der Waals surface area contributed by atoms with E-state index in [9.17, 15) is 14.0 Å². The van der Waals surface area contributed by atoms with Crippen LogP contribution in [0.1, 0.15) is 11.1 Å². The van der Waals surface area contributed by atoms with Gasteiger partial charge in [0.25, 0.3) is 11.8 Å². The molecule has 0 bridgehead atoms. The van der Waals surface area contributed by atoms with Crippen LogP contribution in [0.4, 0.5) is 4.39 Å². The smallest absolute Gasteiger partial charge is 0.268 e. The molecule has 5 nitrogen and oxygen atoms in total. The van der Waals surface area contributed by atoms with E-state index in [0.717, 1.165) is 22.2 Å². The lowest BCUT2D eigenvalue weighted by Gasteiger charge is -2.14. The quantitative estimate of drug-likeness (QED) is 0.802. The number of aromatic nitrogens is 1. The van der Waals surface area contributed by atoms with Gasteiger partial charge < -0.3 is 5.11 Å². The fraction of sp³-hybridized carbons (Fsp3) is 0.167. The Morgan fingerprint density at radius 3 is 2.52 bits per heavy atom. The van der Waals surface area contributed by atoms with Crippen LogP contribution in [-0.4, -0.2) is 39.2 Å². The van der Waals surface area contributed by atoms with E-state index < -0.39 is 17.6 Å². The number of nitrogens with zero attached hydrogens (tertiary/aromatic N) is 2. The summed E-state index contributed by atoms with van der Waals surface area (Å²) in [4.78, 5) is 31.0. The zero-order valence-corrected chi connectivity index (χ0v) is 14.0. The van der Waals surface area contributed by atoms with Crippen LogP contribution in [0, 0.1) is 5.82 Å². The number of pyridine rings is 1. The predicted octanol–water partition coefficient (Wildman–Crippen LogP) is 2.23. The maximum atomic E-state index is 13.2. The van der Waals surface area contributed by atoms with Crippen molar-refractivity contribution < 1.29 is 19.1 Å². The van der Waals surface area contributed by atoms with Crippen molar-refractivity contribution in [2.75, 3.05) is 12.4 Å². The second kappa shape index (κ2) is 7.58. The van der Waals surface area contributed by atoms with Gasteiger partial charge in [0, 0.05) is 18.1 Å². The number of imide groups is 1. The number of thioether (sulfide) groups is 1. The Balaban J connectivity index is 1.96. The van der Waals surface area contributed by atoms with Crippen LogP contribution < -0.4 is 0 Å². The number of aliphatic hydroxyl groups excluding tert-OH is 1. The van der Waals surface area contributed by atoms with Crippen molar-refractivity contribution >= 4 is 29.1 Å². The van der Waals surface area contributed by atoms with Crippen molar-refractivity contribution in [3.05, 3.63) is 70.6 Å². The first-order valence-corrected chi connectivity index (χ1v) is 8.59. The van der Waals surface area contributed by atoms with Gasteiger partial charge in [0.1, 0.15) is 5.82 Å². The minimum absolute atomic E-state index is 0.111. The van der Waals surface area contributed by atoms with E-state index in [1.54, 1.807) is 24.5 Å². The first-order valence-electron chi connectivity index (χ1n) is 7.61. The molecular formula is C18H15FN2O3S. The highest BCUT2D eigenvalue weighted by Gasteiger charge is 2.39. The highest BCUT2D eigenvalue weighted by atomic mass is 32.2. The summed E-state index contributed by atoms with van der Waals surface area (Å²) in [6.45, 7) is -0.00563. The average Bonchev–Trinajstić information content (AvgIpc) is 2.86. The fourth-order valence-electron chi connectivity index (χ4n) is 2.52. The summed E-state index contributed by atoms with van der Waals surface area (Å²) in [7, 11) is 0. The van der Waals surface area contributed by atoms with Gasteiger partial charge in [-0.1, -0.05) is 18.2 Å². The first kappa shape index (κ1) is 17.3. The van der Waals surface area contributed by atoms with Gasteiger partial charge in [-0.3, -0.25) is 19.5 Å². The molecule has 0 saturated heterocycles. The number of benzene rings is 1. The van der Waals surface area contributed by atoms with Gasteiger partial charge in [0.05, 0.1) is 23.6 Å². The first-order chi connectivity index (χ1) is 12.1. The van der Waals surface area contributed by atoms with E-state index in [2.05, 4.69) is 4.98 Å². The number of aliphatic hydroxyl groups is 1. The van der Waals surface area contributed by atoms with Crippen molar-refractivity contribution in [1.82, 2.24) is 9.88 Å². The summed E-state index contributed by atoms with van der Waals surface area (Å²) in [5.41, 5.74) is 1.46. The van der Waals surface area contributed by atoms with Crippen molar-refractivity contribution in [2.45, 2.75) is 6.54 Å². The Morgan fingerprint density at radius 1 is 1.12 bits per heavy atom. The molecule has 1 N–H and O–H groups in total. The third kappa shape index (κ3) is 3.62. The molecule has 0 atom stereocenters. The zero-order valence-electron chi connectivity index (χ0n) is 13.2. The molecule has 1 aromatic heterocycles. The van der Waals surface area contributed by atoms with Gasteiger partial charge in [-0.25, -0.2) is 4.39 Å². The van der Waals surface area contributed by atoms with Gasteiger partial charge in [0.2, 0.25) is 0 Å². The lowest BCUT2D eigenvalue weighted by molar-refractivity contribution is -0.137. The molecular weight excluding hydrogens is 343 g/mol. The van der Waals surface area contributed by atoms with Crippen molar-refractivity contribution in [1.29, 1.82) is 0 Å². The molecule has 1 aromatic carbocycles. The topological polar surface area (TPSA) is 70.5 Å². The molecule has 0 spiro atoms. The normalized spacial score (nSPS) is 14.6. The number of rotatable bonds is 6. The van der Waals surface area contributed by atoms with E-state index in [1.165, 1.54) is 24.3 Å². The molecule has 1 aliphatic rings. The summed E-state index contributed by atoms with van der Waals surface area (Å²) in [6, 6.07) is 8.96. The second-order valence-electron chi connectivity index (χ2n) is 5.34. The molecule has 128 valence electrons. The van der Waals surface area contributed by atoms with Crippen molar-refractivity contribution in [3.63, 3.8) is 0 Å². The van der Waals surface area contributed by atoms with Crippen LogP contribution in [0.15, 0.2) is 53.7 Å². The summed E-state index contributed by atoms with van der Waals surface area (Å²) in [5, 5.41) is 9.06. The second-order valence-corrected chi connectivity index (χ2v) is 6.45. The van der Waals surface area contributed by atoms with E-state index in [1.807, 2.05) is 0 Å². The fourth-order valence-corrected chi connectivity index (χ4v) is 3.40. The number of halogens is 1. The Labute approximate surface area is 148 Å². The predicted molar refractivity (Wildman–Crippen MR) is 92.7 cm³/mol. The molecule has 2 aromatic rings. The minimum Gasteiger partial charge on any atom is -0.396 e. The van der Waals surface area contributed by atoms with Crippen LogP contribution in [-0.2, 0) is 16.1 Å². The molecule has 7 heteroatoms. The van der Waals surface area contributed by atoms with E-state index >= 15 is 0 Å². The summed E-state index contributed by atoms with van der Waals surface area (Å²) in [5.74, 6) is -0.967. The van der Waals surface area contributed by atoms with Crippen LogP contribution in [0.2, 0.25) is 0 Å². The molecule has 3 rings (SSSR count). The molecule has 0 aliphatic carbocycles. The minimum atomic E-state index is -0.430. The number of amides is 2. The molecule has 0 radical (unpaired) electrons. The Bertz CT molecular complexity index is 822. The molecule has 25 heavy (non-hydrogen) atoms. The van der Waals surface area contributed by atoms with Gasteiger partial charge in [-0.15, -0.1) is 11.8 Å². The average molecular weight is 358 g/mol. The van der Waals surface area contributed by atoms with Crippen molar-refractivity contribution in [3.8, 4) is 0 Å². The van der Waals surface area contributed by atoms with Crippen LogP contribution in [0.3, 0.4) is 0 Å². The SMILES string of the molecule is O=C1C(SCCO)=C(c2ccc(F)cc2)C(=O)N1Cc1cccnc1. The lowest BCUT2D eigenvalue weighted by Crippen LogP contribution is -2.31. The van der Waals surface area contributed by atoms with Crippen molar-refractivity contribution in [2.24, 2.45) is 0 Å². The third-order valence-electron chi connectivity index (χ3n) is 3.66. The van der Waals surface area contributed by atoms with Gasteiger partial charge in [-0.05, 0) is 29.3 Å². The molecule has 2 heterocycles. The molecule has 1 aliphatic heterocycles. The van der Waals surface area contributed by atoms with E-state index in [4.69, 9.17) is 5.11 Å². The summed E-state index contributed by atoms with van der Waals surface area (Å²) < 4.78 is 13.2. The summed E-state index contributed by atoms with van der Waals surface area (Å²) >= 11 is 1.13. The van der Waals surface area contributed by atoms with Crippen LogP contribution >= 0.6 is 11.8 Å². The number of hydrogen-bond donors (Lipinski definition) is 1. The van der Waals surface area contributed by atoms with Gasteiger partial charge in [-0.2, -0.15) is 0 Å². The highest BCUT2D eigenvalue weighted by molar-refractivity contribution is 8.04. The highest BCUT2D eigenvalue weighted by Crippen LogP contribution is 2.36. The monoisotopic (exact) mass is 358 g/mol. The number of carbonyl (C=O) groups excluding carboxylic acids is 2. The zero-order chi connectivity index (χ0) is 17.8. The van der Waals surface area contributed by atoms with Gasteiger partial charge >= 0.3 is 0 Å². The maximum Gasteiger partial charge on any atom is 0.268 e. The lowest BCUT2D eigenvalue weighted by atomic mass is 10.1. The van der Waals surface area contributed by atoms with E-state index in [0.29, 0.717) is 11.3 Å². The molecule has 0 unspecified atom stereocenters.